The second-order valence-corrected chi connectivity index (χ2v) is 9.32. The van der Waals surface area contributed by atoms with Crippen molar-refractivity contribution in [3.05, 3.63) is 29.8 Å². The highest BCUT2D eigenvalue weighted by molar-refractivity contribution is 5.90. The first kappa shape index (κ1) is 16.1. The summed E-state index contributed by atoms with van der Waals surface area (Å²) in [5, 5.41) is 0. The Bertz CT molecular complexity index is 856. The van der Waals surface area contributed by atoms with Gasteiger partial charge in [-0.25, -0.2) is 0 Å². The fourth-order valence-electron chi connectivity index (χ4n) is 8.44. The molecule has 3 spiro atoms. The second kappa shape index (κ2) is 4.93. The number of amides is 1. The van der Waals surface area contributed by atoms with Gasteiger partial charge >= 0.3 is 5.97 Å². The lowest BCUT2D eigenvalue weighted by molar-refractivity contribution is -0.175. The first-order valence-corrected chi connectivity index (χ1v) is 10.3. The number of piperidine rings is 1. The summed E-state index contributed by atoms with van der Waals surface area (Å²) >= 11 is 0. The van der Waals surface area contributed by atoms with Crippen LogP contribution >= 0.6 is 0 Å². The number of fused-ring (bicyclic) bond motifs is 3. The monoisotopic (exact) mass is 366 g/mol. The number of benzene rings is 1. The van der Waals surface area contributed by atoms with Gasteiger partial charge in [0.1, 0.15) is 0 Å². The normalized spacial score (nSPS) is 43.8. The van der Waals surface area contributed by atoms with Gasteiger partial charge in [0.15, 0.2) is 0 Å². The Balaban J connectivity index is 1.69. The summed E-state index contributed by atoms with van der Waals surface area (Å²) in [7, 11) is 1.50. The van der Waals surface area contributed by atoms with Crippen LogP contribution in [-0.2, 0) is 19.7 Å². The molecule has 3 saturated carbocycles. The van der Waals surface area contributed by atoms with Gasteiger partial charge < -0.3 is 9.64 Å². The van der Waals surface area contributed by atoms with Gasteiger partial charge in [-0.05, 0) is 68.7 Å². The van der Waals surface area contributed by atoms with Crippen LogP contribution in [0.4, 0.5) is 5.69 Å². The van der Waals surface area contributed by atoms with E-state index in [1.807, 2.05) is 11.0 Å². The van der Waals surface area contributed by atoms with E-state index in [0.29, 0.717) is 6.04 Å². The molecule has 1 amide bonds. The van der Waals surface area contributed by atoms with E-state index >= 15 is 0 Å². The van der Waals surface area contributed by atoms with Crippen molar-refractivity contribution in [1.82, 2.24) is 4.90 Å². The molecule has 0 radical (unpaired) electrons. The lowest BCUT2D eigenvalue weighted by Crippen LogP contribution is -2.78. The predicted molar refractivity (Wildman–Crippen MR) is 100 cm³/mol. The van der Waals surface area contributed by atoms with Crippen LogP contribution in [0.15, 0.2) is 24.3 Å². The molecule has 6 aliphatic rings. The topological polar surface area (TPSA) is 49.9 Å². The van der Waals surface area contributed by atoms with Gasteiger partial charge in [-0.3, -0.25) is 14.5 Å². The van der Waals surface area contributed by atoms with Crippen LogP contribution in [0.5, 0.6) is 0 Å². The predicted octanol–water partition coefficient (Wildman–Crippen LogP) is 2.48. The van der Waals surface area contributed by atoms with Gasteiger partial charge in [0, 0.05) is 17.1 Å². The summed E-state index contributed by atoms with van der Waals surface area (Å²) in [6.07, 6.45) is 7.32. The molecule has 5 nitrogen and oxygen atoms in total. The van der Waals surface area contributed by atoms with Crippen molar-refractivity contribution in [1.29, 1.82) is 0 Å². The van der Waals surface area contributed by atoms with Crippen molar-refractivity contribution in [3.63, 3.8) is 0 Å². The van der Waals surface area contributed by atoms with Crippen molar-refractivity contribution in [2.45, 2.75) is 55.5 Å². The molecule has 2 saturated heterocycles. The maximum Gasteiger partial charge on any atom is 0.311 e. The molecule has 0 unspecified atom stereocenters. The van der Waals surface area contributed by atoms with Gasteiger partial charge in [0.2, 0.25) is 6.41 Å². The standard InChI is InChI=1S/C22H26N2O3/c1-27-18(26)16-13-20-7-4-11-23-12-10-21(19(20)23)15-5-2-3-6-17(15)24(14-25)22(16,21)9-8-20/h2-3,5-6,14,16,19H,4,7-13H2,1H3/t16-,19+,20-,21-,22+/m1/s1. The van der Waals surface area contributed by atoms with Crippen molar-refractivity contribution >= 4 is 18.1 Å². The zero-order valence-corrected chi connectivity index (χ0v) is 15.8. The van der Waals surface area contributed by atoms with Gasteiger partial charge in [-0.2, -0.15) is 0 Å². The van der Waals surface area contributed by atoms with Crippen molar-refractivity contribution in [3.8, 4) is 0 Å². The maximum atomic E-state index is 13.1. The smallest absolute Gasteiger partial charge is 0.311 e. The summed E-state index contributed by atoms with van der Waals surface area (Å²) in [5.74, 6) is -0.362. The molecule has 1 aromatic rings. The largest absolute Gasteiger partial charge is 0.469 e. The minimum absolute atomic E-state index is 0.129. The molecule has 3 heterocycles. The molecular weight excluding hydrogens is 340 g/mol. The Morgan fingerprint density at radius 2 is 2.04 bits per heavy atom. The van der Waals surface area contributed by atoms with Gasteiger partial charge in [-0.1, -0.05) is 18.2 Å². The third kappa shape index (κ3) is 1.49. The Morgan fingerprint density at radius 1 is 1.19 bits per heavy atom. The van der Waals surface area contributed by atoms with Crippen molar-refractivity contribution in [2.24, 2.45) is 11.3 Å². The molecule has 27 heavy (non-hydrogen) atoms. The van der Waals surface area contributed by atoms with Crippen LogP contribution in [0.25, 0.3) is 0 Å². The van der Waals surface area contributed by atoms with Crippen molar-refractivity contribution < 1.29 is 14.3 Å². The van der Waals surface area contributed by atoms with Crippen molar-refractivity contribution in [2.75, 3.05) is 25.1 Å². The molecule has 5 heteroatoms. The highest BCUT2D eigenvalue weighted by Crippen LogP contribution is 2.75. The third-order valence-corrected chi connectivity index (χ3v) is 8.95. The quantitative estimate of drug-likeness (QED) is 0.596. The Hall–Kier alpha value is -1.88. The number of para-hydroxylation sites is 1. The Labute approximate surface area is 159 Å². The number of carbonyl (C=O) groups is 2. The first-order valence-electron chi connectivity index (χ1n) is 10.3. The SMILES string of the molecule is COC(=O)[C@H]1C[C@@]23CCCN4CC[C@@]5(c6ccccc6N(C=O)[C@@]15CC2)[C@@H]43. The molecule has 2 bridgehead atoms. The van der Waals surface area contributed by atoms with Crippen LogP contribution < -0.4 is 4.90 Å². The van der Waals surface area contributed by atoms with E-state index in [1.54, 1.807) is 0 Å². The number of hydrogen-bond donors (Lipinski definition) is 0. The number of hydrogen-bond acceptors (Lipinski definition) is 4. The summed E-state index contributed by atoms with van der Waals surface area (Å²) in [4.78, 5) is 30.2. The summed E-state index contributed by atoms with van der Waals surface area (Å²) in [5.41, 5.74) is 1.89. The van der Waals surface area contributed by atoms with Crippen LogP contribution in [0.2, 0.25) is 0 Å². The van der Waals surface area contributed by atoms with E-state index in [4.69, 9.17) is 4.74 Å². The van der Waals surface area contributed by atoms with Gasteiger partial charge in [0.05, 0.1) is 18.6 Å². The number of carbonyl (C=O) groups excluding carboxylic acids is 2. The summed E-state index contributed by atoms with van der Waals surface area (Å²) in [6.45, 7) is 2.22. The molecule has 7 rings (SSSR count). The lowest BCUT2D eigenvalue weighted by Gasteiger charge is -2.69. The number of esters is 1. The Morgan fingerprint density at radius 3 is 2.85 bits per heavy atom. The molecule has 5 atom stereocenters. The van der Waals surface area contributed by atoms with E-state index in [-0.39, 0.29) is 22.7 Å². The van der Waals surface area contributed by atoms with Crippen LogP contribution in [0.3, 0.4) is 0 Å². The minimum Gasteiger partial charge on any atom is -0.469 e. The number of methoxy groups -OCH3 is 1. The number of rotatable bonds is 2. The van der Waals surface area contributed by atoms with E-state index < -0.39 is 5.54 Å². The molecular formula is C22H26N2O3. The minimum atomic E-state index is -0.468. The third-order valence-electron chi connectivity index (χ3n) is 8.95. The fraction of sp³-hybridized carbons (Fsp3) is 0.636. The lowest BCUT2D eigenvalue weighted by atomic mass is 9.38. The molecule has 1 aromatic carbocycles. The van der Waals surface area contributed by atoms with E-state index in [1.165, 1.54) is 25.5 Å². The molecule has 0 N–H and O–H groups in total. The Kier molecular flexibility index (Phi) is 2.94. The summed E-state index contributed by atoms with van der Waals surface area (Å²) in [6, 6.07) is 8.86. The maximum absolute atomic E-state index is 13.1. The van der Waals surface area contributed by atoms with E-state index in [9.17, 15) is 9.59 Å². The van der Waals surface area contributed by atoms with Crippen LogP contribution in [0, 0.1) is 11.3 Å². The molecule has 5 fully saturated rings. The van der Waals surface area contributed by atoms with Gasteiger partial charge in [0.25, 0.3) is 0 Å². The second-order valence-electron chi connectivity index (χ2n) is 9.32. The zero-order valence-electron chi connectivity index (χ0n) is 15.8. The highest BCUT2D eigenvalue weighted by atomic mass is 16.5. The van der Waals surface area contributed by atoms with E-state index in [2.05, 4.69) is 23.1 Å². The molecule has 3 aliphatic heterocycles. The first-order chi connectivity index (χ1) is 13.1. The number of anilines is 1. The number of ether oxygens (including phenoxy) is 1. The van der Waals surface area contributed by atoms with E-state index in [0.717, 1.165) is 50.9 Å². The molecule has 0 aromatic heterocycles. The zero-order chi connectivity index (χ0) is 18.4. The average molecular weight is 366 g/mol. The molecule has 142 valence electrons. The average Bonchev–Trinajstić information content (AvgIpc) is 3.23. The molecule has 3 aliphatic carbocycles. The van der Waals surface area contributed by atoms with Crippen LogP contribution in [-0.4, -0.2) is 49.1 Å². The number of nitrogens with zero attached hydrogens (tertiary/aromatic N) is 2. The van der Waals surface area contributed by atoms with Crippen LogP contribution in [0.1, 0.15) is 44.1 Å². The van der Waals surface area contributed by atoms with Gasteiger partial charge in [-0.15, -0.1) is 0 Å². The summed E-state index contributed by atoms with van der Waals surface area (Å²) < 4.78 is 5.32. The fourth-order valence-corrected chi connectivity index (χ4v) is 8.44. The highest BCUT2D eigenvalue weighted by Gasteiger charge is 2.80.